The zero-order chi connectivity index (χ0) is 18.9. The van der Waals surface area contributed by atoms with Crippen LogP contribution in [-0.4, -0.2) is 86.4 Å². The van der Waals surface area contributed by atoms with Crippen molar-refractivity contribution in [3.8, 4) is 0 Å². The zero-order valence-electron chi connectivity index (χ0n) is 17.3. The molecule has 158 valence electrons. The summed E-state index contributed by atoms with van der Waals surface area (Å²) in [6.45, 7) is 14.6. The molecule has 0 aromatic carbocycles. The Morgan fingerprint density at radius 1 is 1.37 bits per heavy atom. The fraction of sp³-hybridized carbons (Fsp3) is 0.895. The van der Waals surface area contributed by atoms with Crippen LogP contribution >= 0.6 is 24.0 Å². The first-order valence-corrected chi connectivity index (χ1v) is 10.1. The third-order valence-electron chi connectivity index (χ3n) is 5.17. The normalized spacial score (nSPS) is 25.5. The average Bonchev–Trinajstić information content (AvgIpc) is 2.65. The quantitative estimate of drug-likeness (QED) is 0.263. The molecule has 0 radical (unpaired) electrons. The molecule has 1 N–H and O–H groups in total. The highest BCUT2D eigenvalue weighted by Gasteiger charge is 2.29. The van der Waals surface area contributed by atoms with Gasteiger partial charge in [0.05, 0.1) is 32.3 Å². The van der Waals surface area contributed by atoms with E-state index in [4.69, 9.17) is 14.5 Å². The van der Waals surface area contributed by atoms with Crippen LogP contribution in [0.1, 0.15) is 40.5 Å². The summed E-state index contributed by atoms with van der Waals surface area (Å²) in [6.07, 6.45) is 1.89. The summed E-state index contributed by atoms with van der Waals surface area (Å²) in [4.78, 5) is 21.7. The maximum Gasteiger partial charge on any atom is 0.310 e. The second kappa shape index (κ2) is 12.8. The molecule has 0 saturated carbocycles. The maximum absolute atomic E-state index is 12.1. The standard InChI is InChI=1S/C19H36N4O3.HI/c1-5-20-19(21-12-15(3)23-10-11-25-14-16(23)4)22-9-7-8-17(13-22)18(24)26-6-2;/h15-17H,5-14H2,1-4H3,(H,20,21);1H. The number of aliphatic imine (C=N–C) groups is 1. The lowest BCUT2D eigenvalue weighted by Crippen LogP contribution is -2.51. The summed E-state index contributed by atoms with van der Waals surface area (Å²) in [7, 11) is 0. The second-order valence-corrected chi connectivity index (χ2v) is 7.24. The molecule has 3 unspecified atom stereocenters. The number of nitrogens with one attached hydrogen (secondary N) is 1. The lowest BCUT2D eigenvalue weighted by Gasteiger charge is -2.38. The van der Waals surface area contributed by atoms with Gasteiger partial charge in [-0.2, -0.15) is 0 Å². The number of likely N-dealkylation sites (tertiary alicyclic amines) is 1. The number of piperidine rings is 1. The van der Waals surface area contributed by atoms with Gasteiger partial charge in [-0.05, 0) is 40.5 Å². The predicted molar refractivity (Wildman–Crippen MR) is 119 cm³/mol. The minimum atomic E-state index is -0.0800. The van der Waals surface area contributed by atoms with E-state index in [2.05, 4.69) is 35.9 Å². The summed E-state index contributed by atoms with van der Waals surface area (Å²) in [5.41, 5.74) is 0. The number of halogens is 1. The van der Waals surface area contributed by atoms with Crippen LogP contribution < -0.4 is 5.32 Å². The van der Waals surface area contributed by atoms with Crippen molar-refractivity contribution < 1.29 is 14.3 Å². The Kier molecular flexibility index (Phi) is 11.6. The summed E-state index contributed by atoms with van der Waals surface area (Å²) in [5.74, 6) is 0.780. The smallest absolute Gasteiger partial charge is 0.310 e. The molecule has 2 saturated heterocycles. The molecular formula is C19H37IN4O3. The Balaban J connectivity index is 0.00000364. The van der Waals surface area contributed by atoms with Gasteiger partial charge in [0, 0.05) is 38.3 Å². The number of hydrogen-bond acceptors (Lipinski definition) is 5. The molecule has 8 heteroatoms. The highest BCUT2D eigenvalue weighted by molar-refractivity contribution is 14.0. The maximum atomic E-state index is 12.1. The van der Waals surface area contributed by atoms with Gasteiger partial charge < -0.3 is 19.7 Å². The van der Waals surface area contributed by atoms with Crippen LogP contribution in [0.4, 0.5) is 0 Å². The largest absolute Gasteiger partial charge is 0.466 e. The van der Waals surface area contributed by atoms with Gasteiger partial charge in [-0.1, -0.05) is 0 Å². The third kappa shape index (κ3) is 7.38. The zero-order valence-corrected chi connectivity index (χ0v) is 19.6. The number of hydrogen-bond donors (Lipinski definition) is 1. The molecule has 3 atom stereocenters. The highest BCUT2D eigenvalue weighted by atomic mass is 127. The van der Waals surface area contributed by atoms with Gasteiger partial charge in [-0.3, -0.25) is 14.7 Å². The Bertz CT molecular complexity index is 478. The van der Waals surface area contributed by atoms with Gasteiger partial charge in [-0.25, -0.2) is 0 Å². The number of esters is 1. The molecule has 0 amide bonds. The minimum Gasteiger partial charge on any atom is -0.466 e. The molecule has 7 nitrogen and oxygen atoms in total. The lowest BCUT2D eigenvalue weighted by atomic mass is 9.98. The molecule has 2 aliphatic heterocycles. The van der Waals surface area contributed by atoms with Crippen molar-refractivity contribution in [3.05, 3.63) is 0 Å². The number of carbonyl (C=O) groups excluding carboxylic acids is 1. The van der Waals surface area contributed by atoms with E-state index in [1.807, 2.05) is 6.92 Å². The van der Waals surface area contributed by atoms with E-state index in [-0.39, 0.29) is 35.9 Å². The molecular weight excluding hydrogens is 459 g/mol. The van der Waals surface area contributed by atoms with E-state index in [9.17, 15) is 4.79 Å². The summed E-state index contributed by atoms with van der Waals surface area (Å²) in [5, 5.41) is 3.39. The van der Waals surface area contributed by atoms with E-state index in [1.165, 1.54) is 0 Å². The first-order chi connectivity index (χ1) is 12.6. The first kappa shape index (κ1) is 24.4. The SMILES string of the molecule is CCNC(=NCC(C)N1CCOCC1C)N1CCCC(C(=O)OCC)C1.I. The summed E-state index contributed by atoms with van der Waals surface area (Å²) >= 11 is 0. The topological polar surface area (TPSA) is 66.4 Å². The van der Waals surface area contributed by atoms with Crippen molar-refractivity contribution in [3.63, 3.8) is 0 Å². The predicted octanol–water partition coefficient (Wildman–Crippen LogP) is 1.95. The molecule has 0 aromatic heterocycles. The van der Waals surface area contributed by atoms with Crippen molar-refractivity contribution in [1.82, 2.24) is 15.1 Å². The van der Waals surface area contributed by atoms with Gasteiger partial charge in [0.2, 0.25) is 0 Å². The van der Waals surface area contributed by atoms with Crippen LogP contribution in [0, 0.1) is 5.92 Å². The van der Waals surface area contributed by atoms with Gasteiger partial charge in [0.1, 0.15) is 0 Å². The Hall–Kier alpha value is -0.610. The van der Waals surface area contributed by atoms with Crippen molar-refractivity contribution >= 4 is 35.9 Å². The van der Waals surface area contributed by atoms with Crippen molar-refractivity contribution in [2.75, 3.05) is 52.5 Å². The van der Waals surface area contributed by atoms with E-state index >= 15 is 0 Å². The number of morpholine rings is 1. The van der Waals surface area contributed by atoms with Crippen LogP contribution in [0.3, 0.4) is 0 Å². The van der Waals surface area contributed by atoms with Crippen LogP contribution in [0.15, 0.2) is 4.99 Å². The molecule has 0 aliphatic carbocycles. The van der Waals surface area contributed by atoms with E-state index < -0.39 is 0 Å². The highest BCUT2D eigenvalue weighted by Crippen LogP contribution is 2.18. The Morgan fingerprint density at radius 3 is 2.81 bits per heavy atom. The first-order valence-electron chi connectivity index (χ1n) is 10.1. The van der Waals surface area contributed by atoms with Crippen LogP contribution in [-0.2, 0) is 14.3 Å². The molecule has 2 fully saturated rings. The third-order valence-corrected chi connectivity index (χ3v) is 5.17. The van der Waals surface area contributed by atoms with Gasteiger partial charge in [0.15, 0.2) is 5.96 Å². The average molecular weight is 496 g/mol. The van der Waals surface area contributed by atoms with E-state index in [0.29, 0.717) is 25.2 Å². The summed E-state index contributed by atoms with van der Waals surface area (Å²) < 4.78 is 10.7. The van der Waals surface area contributed by atoms with Crippen LogP contribution in [0.2, 0.25) is 0 Å². The van der Waals surface area contributed by atoms with Crippen molar-refractivity contribution in [1.29, 1.82) is 0 Å². The molecule has 2 aliphatic rings. The second-order valence-electron chi connectivity index (χ2n) is 7.24. The molecule has 27 heavy (non-hydrogen) atoms. The van der Waals surface area contributed by atoms with E-state index in [1.54, 1.807) is 0 Å². The number of guanidine groups is 1. The fourth-order valence-electron chi connectivity index (χ4n) is 3.77. The Morgan fingerprint density at radius 2 is 2.15 bits per heavy atom. The van der Waals surface area contributed by atoms with Gasteiger partial charge in [0.25, 0.3) is 0 Å². The Labute approximate surface area is 181 Å². The monoisotopic (exact) mass is 496 g/mol. The molecule has 2 heterocycles. The van der Waals surface area contributed by atoms with Crippen LogP contribution in [0.5, 0.6) is 0 Å². The van der Waals surface area contributed by atoms with Crippen molar-refractivity contribution in [2.45, 2.75) is 52.6 Å². The summed E-state index contributed by atoms with van der Waals surface area (Å²) in [6, 6.07) is 0.799. The number of carbonyl (C=O) groups is 1. The van der Waals surface area contributed by atoms with Gasteiger partial charge >= 0.3 is 5.97 Å². The lowest BCUT2D eigenvalue weighted by molar-refractivity contribution is -0.149. The van der Waals surface area contributed by atoms with Crippen LogP contribution in [0.25, 0.3) is 0 Å². The molecule has 0 spiro atoms. The number of nitrogens with zero attached hydrogens (tertiary/aromatic N) is 3. The van der Waals surface area contributed by atoms with E-state index in [0.717, 1.165) is 58.2 Å². The minimum absolute atomic E-state index is 0. The van der Waals surface area contributed by atoms with Crippen molar-refractivity contribution in [2.24, 2.45) is 10.9 Å². The fourth-order valence-corrected chi connectivity index (χ4v) is 3.77. The van der Waals surface area contributed by atoms with Gasteiger partial charge in [-0.15, -0.1) is 24.0 Å². The molecule has 0 bridgehead atoms. The molecule has 2 rings (SSSR count). The number of rotatable bonds is 6. The molecule has 0 aromatic rings. The number of ether oxygens (including phenoxy) is 2.